The summed E-state index contributed by atoms with van der Waals surface area (Å²) in [7, 11) is 0. The Morgan fingerprint density at radius 1 is 1.31 bits per heavy atom. The molecule has 29 heavy (non-hydrogen) atoms. The molecule has 10 heteroatoms. The third-order valence-electron chi connectivity index (χ3n) is 4.04. The van der Waals surface area contributed by atoms with E-state index in [4.69, 9.17) is 16.3 Å². The first-order valence-electron chi connectivity index (χ1n) is 8.44. The maximum atomic E-state index is 12.7. The van der Waals surface area contributed by atoms with E-state index in [2.05, 4.69) is 0 Å². The number of amides is 2. The maximum absolute atomic E-state index is 12.7. The predicted molar refractivity (Wildman–Crippen MR) is 109 cm³/mol. The van der Waals surface area contributed by atoms with Gasteiger partial charge in [0.25, 0.3) is 16.8 Å². The van der Waals surface area contributed by atoms with Crippen molar-refractivity contribution in [3.05, 3.63) is 67.6 Å². The fourth-order valence-corrected chi connectivity index (χ4v) is 3.78. The first kappa shape index (κ1) is 20.7. The number of phenols is 1. The molecular weight excluding hydrogens is 420 g/mol. The van der Waals surface area contributed by atoms with E-state index < -0.39 is 16.1 Å². The summed E-state index contributed by atoms with van der Waals surface area (Å²) in [6.07, 6.45) is 1.46. The van der Waals surface area contributed by atoms with Crippen LogP contribution in [0.1, 0.15) is 18.1 Å². The molecule has 0 radical (unpaired) electrons. The molecule has 0 aromatic heterocycles. The molecule has 2 amide bonds. The van der Waals surface area contributed by atoms with Crippen LogP contribution in [0.2, 0.25) is 5.02 Å². The number of rotatable bonds is 6. The predicted octanol–water partition coefficient (Wildman–Crippen LogP) is 4.59. The van der Waals surface area contributed by atoms with Gasteiger partial charge in [-0.2, -0.15) is 0 Å². The van der Waals surface area contributed by atoms with E-state index in [1.54, 1.807) is 13.0 Å². The zero-order valence-corrected chi connectivity index (χ0v) is 16.7. The van der Waals surface area contributed by atoms with Crippen LogP contribution < -0.4 is 4.74 Å². The van der Waals surface area contributed by atoms with Gasteiger partial charge in [0.05, 0.1) is 28.0 Å². The highest BCUT2D eigenvalue weighted by atomic mass is 35.5. The van der Waals surface area contributed by atoms with Gasteiger partial charge < -0.3 is 9.84 Å². The number of phenolic OH excluding ortho intramolecular Hbond substituents is 1. The van der Waals surface area contributed by atoms with Crippen molar-refractivity contribution in [2.24, 2.45) is 0 Å². The van der Waals surface area contributed by atoms with Crippen LogP contribution >= 0.6 is 23.4 Å². The lowest BCUT2D eigenvalue weighted by Crippen LogP contribution is -2.27. The highest BCUT2D eigenvalue weighted by Gasteiger charge is 2.36. The van der Waals surface area contributed by atoms with Crippen LogP contribution in [-0.4, -0.2) is 32.7 Å². The molecule has 2 aromatic carbocycles. The summed E-state index contributed by atoms with van der Waals surface area (Å²) in [6.45, 7) is 1.84. The summed E-state index contributed by atoms with van der Waals surface area (Å²) in [4.78, 5) is 36.7. The zero-order chi connectivity index (χ0) is 21.1. The van der Waals surface area contributed by atoms with Crippen LogP contribution in [0.3, 0.4) is 0 Å². The van der Waals surface area contributed by atoms with Crippen molar-refractivity contribution < 1.29 is 24.4 Å². The van der Waals surface area contributed by atoms with Crippen LogP contribution in [0.15, 0.2) is 41.3 Å². The number of hydrogen-bond donors (Lipinski definition) is 1. The van der Waals surface area contributed by atoms with Gasteiger partial charge in [-0.05, 0) is 42.5 Å². The Hall–Kier alpha value is -3.04. The van der Waals surface area contributed by atoms with Crippen molar-refractivity contribution >= 4 is 46.3 Å². The molecule has 1 aliphatic heterocycles. The summed E-state index contributed by atoms with van der Waals surface area (Å²) in [6, 6.07) is 8.87. The molecule has 2 aromatic rings. The molecule has 150 valence electrons. The molecule has 0 aliphatic carbocycles. The second-order valence-electron chi connectivity index (χ2n) is 5.94. The number of carbonyl (C=O) groups excluding carboxylic acids is 2. The third kappa shape index (κ3) is 4.36. The van der Waals surface area contributed by atoms with Crippen molar-refractivity contribution in [1.29, 1.82) is 0 Å². The van der Waals surface area contributed by atoms with Crippen molar-refractivity contribution in [3.8, 4) is 11.5 Å². The Morgan fingerprint density at radius 2 is 2.03 bits per heavy atom. The third-order valence-corrected chi connectivity index (χ3v) is 5.23. The highest BCUT2D eigenvalue weighted by molar-refractivity contribution is 8.18. The number of thioether (sulfide) groups is 1. The molecule has 0 unspecified atom stereocenters. The Morgan fingerprint density at radius 3 is 2.72 bits per heavy atom. The second kappa shape index (κ2) is 8.54. The number of nitrogens with zero attached hydrogens (tertiary/aromatic N) is 2. The molecule has 1 saturated heterocycles. The number of benzene rings is 2. The smallest absolute Gasteiger partial charge is 0.293 e. The lowest BCUT2D eigenvalue weighted by atomic mass is 10.1. The van der Waals surface area contributed by atoms with Gasteiger partial charge in [-0.25, -0.2) is 0 Å². The van der Waals surface area contributed by atoms with Crippen molar-refractivity contribution in [1.82, 2.24) is 4.90 Å². The summed E-state index contributed by atoms with van der Waals surface area (Å²) in [5.41, 5.74) is 0.557. The van der Waals surface area contributed by atoms with Gasteiger partial charge in [-0.3, -0.25) is 24.6 Å². The number of ether oxygens (including phenoxy) is 1. The molecule has 0 spiro atoms. The standard InChI is InChI=1S/C19H15ClN2O6S/c1-2-28-15-8-11(7-13(20)17(15)23)9-16-18(24)21(19(25)29-16)10-12-5-3-4-6-14(12)22(26)27/h3-9,23H,2,10H2,1H3/b16-9-. The monoisotopic (exact) mass is 434 g/mol. The fourth-order valence-electron chi connectivity index (χ4n) is 2.72. The molecule has 8 nitrogen and oxygen atoms in total. The average molecular weight is 435 g/mol. The molecule has 1 aliphatic rings. The van der Waals surface area contributed by atoms with Crippen LogP contribution in [0, 0.1) is 10.1 Å². The van der Waals surface area contributed by atoms with E-state index in [1.165, 1.54) is 36.4 Å². The normalized spacial score (nSPS) is 15.2. The van der Waals surface area contributed by atoms with Crippen LogP contribution in [0.5, 0.6) is 11.5 Å². The average Bonchev–Trinajstić information content (AvgIpc) is 2.93. The van der Waals surface area contributed by atoms with E-state index in [0.717, 1.165) is 16.7 Å². The van der Waals surface area contributed by atoms with E-state index in [9.17, 15) is 24.8 Å². The number of hydrogen-bond acceptors (Lipinski definition) is 7. The van der Waals surface area contributed by atoms with Crippen molar-refractivity contribution in [2.45, 2.75) is 13.5 Å². The van der Waals surface area contributed by atoms with Crippen molar-refractivity contribution in [3.63, 3.8) is 0 Å². The molecule has 0 saturated carbocycles. The van der Waals surface area contributed by atoms with Crippen LogP contribution in [0.25, 0.3) is 6.08 Å². The minimum absolute atomic E-state index is 0.0429. The number of imide groups is 1. The van der Waals surface area contributed by atoms with Crippen LogP contribution in [0.4, 0.5) is 10.5 Å². The Kier molecular flexibility index (Phi) is 6.09. The number of halogens is 1. The molecule has 0 atom stereocenters. The SMILES string of the molecule is CCOc1cc(/C=C2\SC(=O)N(Cc3ccccc3[N+](=O)[O-])C2=O)cc(Cl)c1O. The van der Waals surface area contributed by atoms with Gasteiger partial charge in [0, 0.05) is 11.6 Å². The van der Waals surface area contributed by atoms with E-state index in [1.807, 2.05) is 0 Å². The van der Waals surface area contributed by atoms with Gasteiger partial charge >= 0.3 is 0 Å². The first-order valence-corrected chi connectivity index (χ1v) is 9.64. The van der Waals surface area contributed by atoms with Gasteiger partial charge in [0.15, 0.2) is 11.5 Å². The number of aromatic hydroxyl groups is 1. The first-order chi connectivity index (χ1) is 13.8. The summed E-state index contributed by atoms with van der Waals surface area (Å²) in [5.74, 6) is -0.624. The lowest BCUT2D eigenvalue weighted by molar-refractivity contribution is -0.385. The molecule has 3 rings (SSSR count). The lowest BCUT2D eigenvalue weighted by Gasteiger charge is -2.12. The van der Waals surface area contributed by atoms with Gasteiger partial charge in [-0.1, -0.05) is 29.8 Å². The second-order valence-corrected chi connectivity index (χ2v) is 7.34. The minimum Gasteiger partial charge on any atom is -0.503 e. The minimum atomic E-state index is -0.569. The van der Waals surface area contributed by atoms with E-state index in [-0.39, 0.29) is 39.2 Å². The maximum Gasteiger partial charge on any atom is 0.293 e. The van der Waals surface area contributed by atoms with Gasteiger partial charge in [0.1, 0.15) is 0 Å². The highest BCUT2D eigenvalue weighted by Crippen LogP contribution is 2.38. The quantitative estimate of drug-likeness (QED) is 0.402. The molecule has 1 heterocycles. The van der Waals surface area contributed by atoms with Gasteiger partial charge in [0.2, 0.25) is 0 Å². The largest absolute Gasteiger partial charge is 0.503 e. The molecule has 1 fully saturated rings. The van der Waals surface area contributed by atoms with Gasteiger partial charge in [-0.15, -0.1) is 0 Å². The zero-order valence-electron chi connectivity index (χ0n) is 15.1. The summed E-state index contributed by atoms with van der Waals surface area (Å²) < 4.78 is 5.31. The van der Waals surface area contributed by atoms with E-state index >= 15 is 0 Å². The molecule has 0 bridgehead atoms. The van der Waals surface area contributed by atoms with Crippen LogP contribution in [-0.2, 0) is 11.3 Å². The fraction of sp³-hybridized carbons (Fsp3) is 0.158. The Balaban J connectivity index is 1.89. The molecule has 1 N–H and O–H groups in total. The Bertz CT molecular complexity index is 1040. The summed E-state index contributed by atoms with van der Waals surface area (Å²) in [5, 5.41) is 20.6. The topological polar surface area (TPSA) is 110 Å². The molecular formula is C19H15ClN2O6S. The van der Waals surface area contributed by atoms with Crippen molar-refractivity contribution in [2.75, 3.05) is 6.61 Å². The number of nitro benzene ring substituents is 1. The Labute approximate surface area is 174 Å². The number of para-hydroxylation sites is 1. The summed E-state index contributed by atoms with van der Waals surface area (Å²) >= 11 is 6.72. The number of nitro groups is 1. The van der Waals surface area contributed by atoms with E-state index in [0.29, 0.717) is 12.2 Å². The number of carbonyl (C=O) groups is 2.